The molecule has 17 heavy (non-hydrogen) atoms. The second-order valence-electron chi connectivity index (χ2n) is 3.43. The Balaban J connectivity index is 2.18. The van der Waals surface area contributed by atoms with E-state index in [0.717, 1.165) is 5.56 Å². The molecule has 0 saturated heterocycles. The highest BCUT2D eigenvalue weighted by Crippen LogP contribution is 2.02. The highest BCUT2D eigenvalue weighted by molar-refractivity contribution is 5.66. The lowest BCUT2D eigenvalue weighted by molar-refractivity contribution is -0.140. The number of carbonyl (C=O) groups is 1. The first-order chi connectivity index (χ1) is 8.18. The Kier molecular flexibility index (Phi) is 5.96. The van der Waals surface area contributed by atoms with Gasteiger partial charge in [-0.05, 0) is 11.6 Å². The van der Waals surface area contributed by atoms with Crippen LogP contribution in [0, 0.1) is 0 Å². The van der Waals surface area contributed by atoms with Gasteiger partial charge in [0.2, 0.25) is 0 Å². The minimum absolute atomic E-state index is 0.155. The van der Waals surface area contributed by atoms with Gasteiger partial charge in [-0.3, -0.25) is 4.79 Å². The molecule has 92 valence electrons. The number of hydrogen-bond donors (Lipinski definition) is 0. The molecule has 0 aromatic heterocycles. The Bertz CT molecular complexity index is 374. The Morgan fingerprint density at radius 1 is 1.35 bits per heavy atom. The summed E-state index contributed by atoms with van der Waals surface area (Å²) in [6.45, 7) is 1.49. The number of esters is 1. The molecule has 0 aliphatic rings. The maximum atomic E-state index is 13.0. The van der Waals surface area contributed by atoms with Crippen LogP contribution in [-0.4, -0.2) is 19.2 Å². The van der Waals surface area contributed by atoms with Crippen LogP contribution in [0.3, 0.4) is 0 Å². The Morgan fingerprint density at radius 3 is 2.71 bits per heavy atom. The SMILES string of the molecule is CC(=O)OCC(F)=CCOCc1ccccc1. The zero-order chi connectivity index (χ0) is 12.5. The standard InChI is InChI=1S/C13H15FO3/c1-11(15)17-10-13(14)7-8-16-9-12-5-3-2-4-6-12/h2-7H,8-10H2,1H3. The first kappa shape index (κ1) is 13.4. The highest BCUT2D eigenvalue weighted by atomic mass is 19.1. The first-order valence-electron chi connectivity index (χ1n) is 5.28. The van der Waals surface area contributed by atoms with Crippen molar-refractivity contribution < 1.29 is 18.7 Å². The van der Waals surface area contributed by atoms with Crippen molar-refractivity contribution in [1.82, 2.24) is 0 Å². The quantitative estimate of drug-likeness (QED) is 0.564. The van der Waals surface area contributed by atoms with Crippen LogP contribution in [0.4, 0.5) is 4.39 Å². The fraction of sp³-hybridized carbons (Fsp3) is 0.308. The zero-order valence-corrected chi connectivity index (χ0v) is 9.69. The highest BCUT2D eigenvalue weighted by Gasteiger charge is 1.98. The van der Waals surface area contributed by atoms with Crippen molar-refractivity contribution in [2.75, 3.05) is 13.2 Å². The van der Waals surface area contributed by atoms with Gasteiger partial charge in [0, 0.05) is 6.92 Å². The molecular weight excluding hydrogens is 223 g/mol. The minimum atomic E-state index is -0.506. The molecular formula is C13H15FO3. The summed E-state index contributed by atoms with van der Waals surface area (Å²) in [6.07, 6.45) is 1.26. The number of carbonyl (C=O) groups excluding carboxylic acids is 1. The summed E-state index contributed by atoms with van der Waals surface area (Å²) in [5.74, 6) is -1.01. The van der Waals surface area contributed by atoms with E-state index in [1.54, 1.807) is 0 Å². The van der Waals surface area contributed by atoms with Crippen LogP contribution in [0.2, 0.25) is 0 Å². The summed E-state index contributed by atoms with van der Waals surface area (Å²) in [7, 11) is 0. The van der Waals surface area contributed by atoms with Crippen LogP contribution >= 0.6 is 0 Å². The largest absolute Gasteiger partial charge is 0.459 e. The van der Waals surface area contributed by atoms with Crippen molar-refractivity contribution in [2.45, 2.75) is 13.5 Å². The summed E-state index contributed by atoms with van der Waals surface area (Å²) >= 11 is 0. The topological polar surface area (TPSA) is 35.5 Å². The number of hydrogen-bond acceptors (Lipinski definition) is 3. The summed E-state index contributed by atoms with van der Waals surface area (Å²) in [6, 6.07) is 9.60. The molecule has 0 unspecified atom stereocenters. The average Bonchev–Trinajstić information content (AvgIpc) is 2.33. The molecule has 4 heteroatoms. The maximum Gasteiger partial charge on any atom is 0.303 e. The summed E-state index contributed by atoms with van der Waals surface area (Å²) in [5.41, 5.74) is 1.03. The molecule has 0 heterocycles. The Labute approximate surface area is 99.9 Å². The fourth-order valence-corrected chi connectivity index (χ4v) is 1.13. The molecule has 0 bridgehead atoms. The molecule has 0 atom stereocenters. The molecule has 0 amide bonds. The lowest BCUT2D eigenvalue weighted by atomic mass is 10.2. The van der Waals surface area contributed by atoms with Gasteiger partial charge < -0.3 is 9.47 Å². The molecule has 0 aliphatic carbocycles. The third-order valence-electron chi connectivity index (χ3n) is 1.95. The Hall–Kier alpha value is -1.68. The number of rotatable bonds is 6. The summed E-state index contributed by atoms with van der Waals surface area (Å²) in [4.78, 5) is 10.4. The van der Waals surface area contributed by atoms with Gasteiger partial charge in [0.15, 0.2) is 0 Å². The first-order valence-corrected chi connectivity index (χ1v) is 5.28. The number of ether oxygens (including phenoxy) is 2. The van der Waals surface area contributed by atoms with Crippen LogP contribution in [0.5, 0.6) is 0 Å². The van der Waals surface area contributed by atoms with E-state index < -0.39 is 11.8 Å². The number of benzene rings is 1. The van der Waals surface area contributed by atoms with Crippen molar-refractivity contribution in [3.63, 3.8) is 0 Å². The van der Waals surface area contributed by atoms with E-state index in [4.69, 9.17) is 4.74 Å². The van der Waals surface area contributed by atoms with E-state index in [2.05, 4.69) is 4.74 Å². The Morgan fingerprint density at radius 2 is 2.06 bits per heavy atom. The van der Waals surface area contributed by atoms with E-state index in [0.29, 0.717) is 6.61 Å². The van der Waals surface area contributed by atoms with Gasteiger partial charge in [0.05, 0.1) is 13.2 Å². The van der Waals surface area contributed by atoms with Gasteiger partial charge in [-0.1, -0.05) is 30.3 Å². The summed E-state index contributed by atoms with van der Waals surface area (Å²) < 4.78 is 22.7. The molecule has 1 rings (SSSR count). The lowest BCUT2D eigenvalue weighted by Crippen LogP contribution is -2.01. The predicted octanol–water partition coefficient (Wildman–Crippen LogP) is 2.62. The molecule has 1 aromatic carbocycles. The molecule has 0 fully saturated rings. The molecule has 0 saturated carbocycles. The van der Waals surface area contributed by atoms with Crippen molar-refractivity contribution in [3.05, 3.63) is 47.8 Å². The van der Waals surface area contributed by atoms with Gasteiger partial charge in [-0.2, -0.15) is 0 Å². The van der Waals surface area contributed by atoms with Gasteiger partial charge in [0.25, 0.3) is 0 Å². The van der Waals surface area contributed by atoms with Crippen LogP contribution in [-0.2, 0) is 20.9 Å². The lowest BCUT2D eigenvalue weighted by Gasteiger charge is -2.02. The molecule has 0 radical (unpaired) electrons. The van der Waals surface area contributed by atoms with E-state index >= 15 is 0 Å². The van der Waals surface area contributed by atoms with Crippen molar-refractivity contribution >= 4 is 5.97 Å². The van der Waals surface area contributed by atoms with Gasteiger partial charge >= 0.3 is 5.97 Å². The minimum Gasteiger partial charge on any atom is -0.459 e. The van der Waals surface area contributed by atoms with Crippen LogP contribution in [0.15, 0.2) is 42.2 Å². The molecule has 0 N–H and O–H groups in total. The molecule has 3 nitrogen and oxygen atoms in total. The molecule has 0 spiro atoms. The van der Waals surface area contributed by atoms with Crippen molar-refractivity contribution in [3.8, 4) is 0 Å². The number of halogens is 1. The monoisotopic (exact) mass is 238 g/mol. The second-order valence-corrected chi connectivity index (χ2v) is 3.43. The molecule has 0 aliphatic heterocycles. The van der Waals surface area contributed by atoms with Crippen molar-refractivity contribution in [2.24, 2.45) is 0 Å². The van der Waals surface area contributed by atoms with Gasteiger partial charge in [-0.15, -0.1) is 0 Å². The van der Waals surface area contributed by atoms with E-state index in [1.807, 2.05) is 30.3 Å². The van der Waals surface area contributed by atoms with Crippen molar-refractivity contribution in [1.29, 1.82) is 0 Å². The van der Waals surface area contributed by atoms with E-state index in [-0.39, 0.29) is 13.2 Å². The zero-order valence-electron chi connectivity index (χ0n) is 9.69. The fourth-order valence-electron chi connectivity index (χ4n) is 1.13. The van der Waals surface area contributed by atoms with Crippen LogP contribution in [0.25, 0.3) is 0 Å². The molecule has 1 aromatic rings. The average molecular weight is 238 g/mol. The second kappa shape index (κ2) is 7.57. The smallest absolute Gasteiger partial charge is 0.303 e. The normalized spacial score (nSPS) is 11.3. The maximum absolute atomic E-state index is 13.0. The van der Waals surface area contributed by atoms with Gasteiger partial charge in [0.1, 0.15) is 12.4 Å². The van der Waals surface area contributed by atoms with E-state index in [1.165, 1.54) is 13.0 Å². The van der Waals surface area contributed by atoms with Crippen LogP contribution < -0.4 is 0 Å². The van der Waals surface area contributed by atoms with Gasteiger partial charge in [-0.25, -0.2) is 4.39 Å². The van der Waals surface area contributed by atoms with Crippen LogP contribution in [0.1, 0.15) is 12.5 Å². The van der Waals surface area contributed by atoms with E-state index in [9.17, 15) is 9.18 Å². The predicted molar refractivity (Wildman–Crippen MR) is 61.9 cm³/mol. The summed E-state index contributed by atoms with van der Waals surface area (Å²) in [5, 5.41) is 0. The third-order valence-corrected chi connectivity index (χ3v) is 1.95. The third kappa shape index (κ3) is 6.48.